The van der Waals surface area contributed by atoms with Crippen LogP contribution in [0.1, 0.15) is 43.2 Å². The Balaban J connectivity index is 1.69. The minimum absolute atomic E-state index is 0.0434. The summed E-state index contributed by atoms with van der Waals surface area (Å²) in [4.78, 5) is 0. The number of benzene rings is 1. The van der Waals surface area contributed by atoms with Gasteiger partial charge in [0.15, 0.2) is 0 Å². The van der Waals surface area contributed by atoms with Gasteiger partial charge in [0.1, 0.15) is 11.9 Å². The fourth-order valence-electron chi connectivity index (χ4n) is 3.30. The predicted octanol–water partition coefficient (Wildman–Crippen LogP) is 2.96. The monoisotopic (exact) mass is 231 g/mol. The molecule has 92 valence electrons. The molecule has 2 nitrogen and oxygen atoms in total. The van der Waals surface area contributed by atoms with E-state index < -0.39 is 0 Å². The van der Waals surface area contributed by atoms with Crippen LogP contribution in [0.25, 0.3) is 0 Å². The molecular weight excluding hydrogens is 210 g/mol. The Bertz CT molecular complexity index is 421. The lowest BCUT2D eigenvalue weighted by atomic mass is 9.90. The summed E-state index contributed by atoms with van der Waals surface area (Å²) < 4.78 is 6.01. The van der Waals surface area contributed by atoms with Crippen molar-refractivity contribution in [1.82, 2.24) is 0 Å². The average molecular weight is 231 g/mol. The number of aryl methyl sites for hydroxylation is 1. The Hall–Kier alpha value is -1.02. The Kier molecular flexibility index (Phi) is 2.62. The predicted molar refractivity (Wildman–Crippen MR) is 69.3 cm³/mol. The quantitative estimate of drug-likeness (QED) is 0.849. The zero-order chi connectivity index (χ0) is 11.9. The van der Waals surface area contributed by atoms with Gasteiger partial charge in [-0.2, -0.15) is 0 Å². The lowest BCUT2D eigenvalue weighted by molar-refractivity contribution is 0.180. The third-order valence-electron chi connectivity index (χ3n) is 4.19. The molecule has 2 aliphatic rings. The fourth-order valence-corrected chi connectivity index (χ4v) is 3.30. The molecule has 3 rings (SSSR count). The minimum Gasteiger partial charge on any atom is -0.490 e. The Morgan fingerprint density at radius 1 is 1.35 bits per heavy atom. The second-order valence-electron chi connectivity index (χ2n) is 5.83. The number of nitrogens with two attached hydrogens (primary N) is 1. The molecule has 2 N–H and O–H groups in total. The number of hydrogen-bond donors (Lipinski definition) is 1. The summed E-state index contributed by atoms with van der Waals surface area (Å²) in [6.07, 6.45) is 7.26. The van der Waals surface area contributed by atoms with E-state index in [0.717, 1.165) is 18.6 Å². The SMILES string of the molecule is Cc1ccc2c(c1)CC(CC1(N)CCCC1)O2. The molecule has 1 aromatic carbocycles. The van der Waals surface area contributed by atoms with Gasteiger partial charge in [0.05, 0.1) is 0 Å². The van der Waals surface area contributed by atoms with Crippen molar-refractivity contribution in [2.45, 2.75) is 57.1 Å². The third kappa shape index (κ3) is 2.19. The zero-order valence-electron chi connectivity index (χ0n) is 10.5. The van der Waals surface area contributed by atoms with Crippen LogP contribution in [0.4, 0.5) is 0 Å². The van der Waals surface area contributed by atoms with Crippen LogP contribution in [0.2, 0.25) is 0 Å². The van der Waals surface area contributed by atoms with Gasteiger partial charge in [-0.1, -0.05) is 30.5 Å². The highest BCUT2D eigenvalue weighted by Crippen LogP contribution is 2.37. The van der Waals surface area contributed by atoms with E-state index in [4.69, 9.17) is 10.5 Å². The summed E-state index contributed by atoms with van der Waals surface area (Å²) in [6, 6.07) is 6.46. The van der Waals surface area contributed by atoms with Crippen LogP contribution in [0.3, 0.4) is 0 Å². The molecule has 2 heteroatoms. The van der Waals surface area contributed by atoms with Crippen LogP contribution in [-0.4, -0.2) is 11.6 Å². The lowest BCUT2D eigenvalue weighted by Gasteiger charge is -2.26. The van der Waals surface area contributed by atoms with E-state index in [1.54, 1.807) is 0 Å². The maximum absolute atomic E-state index is 6.42. The first-order valence-corrected chi connectivity index (χ1v) is 6.70. The Labute approximate surface area is 103 Å². The van der Waals surface area contributed by atoms with E-state index in [1.165, 1.54) is 36.8 Å². The molecule has 0 spiro atoms. The van der Waals surface area contributed by atoms with Crippen LogP contribution >= 0.6 is 0 Å². The third-order valence-corrected chi connectivity index (χ3v) is 4.19. The second-order valence-corrected chi connectivity index (χ2v) is 5.83. The van der Waals surface area contributed by atoms with Gasteiger partial charge in [-0.05, 0) is 31.4 Å². The van der Waals surface area contributed by atoms with Crippen molar-refractivity contribution < 1.29 is 4.74 Å². The van der Waals surface area contributed by atoms with E-state index >= 15 is 0 Å². The first-order chi connectivity index (χ1) is 8.15. The van der Waals surface area contributed by atoms with Crippen LogP contribution in [-0.2, 0) is 6.42 Å². The van der Waals surface area contributed by atoms with Gasteiger partial charge in [0.2, 0.25) is 0 Å². The highest BCUT2D eigenvalue weighted by Gasteiger charge is 2.35. The van der Waals surface area contributed by atoms with E-state index in [2.05, 4.69) is 25.1 Å². The zero-order valence-corrected chi connectivity index (χ0v) is 10.5. The highest BCUT2D eigenvalue weighted by atomic mass is 16.5. The summed E-state index contributed by atoms with van der Waals surface area (Å²) in [5.41, 5.74) is 9.14. The maximum atomic E-state index is 6.42. The molecule has 0 saturated heterocycles. The molecule has 17 heavy (non-hydrogen) atoms. The lowest BCUT2D eigenvalue weighted by Crippen LogP contribution is -2.41. The highest BCUT2D eigenvalue weighted by molar-refractivity contribution is 5.40. The Morgan fingerprint density at radius 3 is 2.88 bits per heavy atom. The number of rotatable bonds is 2. The molecule has 1 heterocycles. The molecule has 0 amide bonds. The smallest absolute Gasteiger partial charge is 0.123 e. The van der Waals surface area contributed by atoms with Crippen LogP contribution < -0.4 is 10.5 Å². The topological polar surface area (TPSA) is 35.2 Å². The first-order valence-electron chi connectivity index (χ1n) is 6.70. The molecule has 1 aliphatic carbocycles. The van der Waals surface area contributed by atoms with Crippen molar-refractivity contribution in [1.29, 1.82) is 0 Å². The van der Waals surface area contributed by atoms with E-state index in [9.17, 15) is 0 Å². The molecule has 1 fully saturated rings. The van der Waals surface area contributed by atoms with E-state index in [1.807, 2.05) is 0 Å². The van der Waals surface area contributed by atoms with Crippen molar-refractivity contribution in [2.24, 2.45) is 5.73 Å². The van der Waals surface area contributed by atoms with Crippen molar-refractivity contribution in [3.05, 3.63) is 29.3 Å². The first kappa shape index (κ1) is 11.1. The molecule has 1 atom stereocenters. The maximum Gasteiger partial charge on any atom is 0.123 e. The van der Waals surface area contributed by atoms with Crippen LogP contribution in [0.5, 0.6) is 5.75 Å². The molecule has 1 unspecified atom stereocenters. The summed E-state index contributed by atoms with van der Waals surface area (Å²) in [5, 5.41) is 0. The van der Waals surface area contributed by atoms with Crippen molar-refractivity contribution in [2.75, 3.05) is 0 Å². The van der Waals surface area contributed by atoms with Crippen LogP contribution in [0.15, 0.2) is 18.2 Å². The molecular formula is C15H21NO. The summed E-state index contributed by atoms with van der Waals surface area (Å²) >= 11 is 0. The van der Waals surface area contributed by atoms with Gasteiger partial charge in [-0.15, -0.1) is 0 Å². The second kappa shape index (κ2) is 4.02. The van der Waals surface area contributed by atoms with Crippen molar-refractivity contribution in [3.63, 3.8) is 0 Å². The molecule has 1 aromatic rings. The van der Waals surface area contributed by atoms with Gasteiger partial charge in [-0.25, -0.2) is 0 Å². The number of hydrogen-bond acceptors (Lipinski definition) is 2. The van der Waals surface area contributed by atoms with Gasteiger partial charge in [-0.3, -0.25) is 0 Å². The van der Waals surface area contributed by atoms with Crippen molar-refractivity contribution >= 4 is 0 Å². The van der Waals surface area contributed by atoms with E-state index in [-0.39, 0.29) is 5.54 Å². The average Bonchev–Trinajstić information content (AvgIpc) is 2.84. The minimum atomic E-state index is 0.0434. The van der Waals surface area contributed by atoms with Gasteiger partial charge >= 0.3 is 0 Å². The number of fused-ring (bicyclic) bond motifs is 1. The molecule has 0 radical (unpaired) electrons. The van der Waals surface area contributed by atoms with Gasteiger partial charge in [0, 0.05) is 18.4 Å². The standard InChI is InChI=1S/C15H21NO/c1-11-4-5-14-12(8-11)9-13(17-14)10-15(16)6-2-3-7-15/h4-5,8,13H,2-3,6-7,9-10,16H2,1H3. The van der Waals surface area contributed by atoms with Crippen LogP contribution in [0, 0.1) is 6.92 Å². The Morgan fingerprint density at radius 2 is 2.12 bits per heavy atom. The fraction of sp³-hybridized carbons (Fsp3) is 0.600. The van der Waals surface area contributed by atoms with Crippen molar-refractivity contribution in [3.8, 4) is 5.75 Å². The van der Waals surface area contributed by atoms with E-state index in [0.29, 0.717) is 6.10 Å². The molecule has 1 saturated carbocycles. The summed E-state index contributed by atoms with van der Waals surface area (Å²) in [5.74, 6) is 1.07. The summed E-state index contributed by atoms with van der Waals surface area (Å²) in [6.45, 7) is 2.13. The summed E-state index contributed by atoms with van der Waals surface area (Å²) in [7, 11) is 0. The normalized spacial score (nSPS) is 25.6. The molecule has 0 bridgehead atoms. The molecule has 1 aliphatic heterocycles. The largest absolute Gasteiger partial charge is 0.490 e. The molecule has 0 aromatic heterocycles. The van der Waals surface area contributed by atoms with Gasteiger partial charge < -0.3 is 10.5 Å². The van der Waals surface area contributed by atoms with Gasteiger partial charge in [0.25, 0.3) is 0 Å². The number of ether oxygens (including phenoxy) is 1.